The van der Waals surface area contributed by atoms with Crippen LogP contribution in [0.25, 0.3) is 0 Å². The maximum atomic E-state index is 13.5. The van der Waals surface area contributed by atoms with Crippen molar-refractivity contribution >= 4 is 17.5 Å². The van der Waals surface area contributed by atoms with Crippen LogP contribution in [0.15, 0.2) is 12.1 Å². The van der Waals surface area contributed by atoms with Gasteiger partial charge in [-0.05, 0) is 39.3 Å². The summed E-state index contributed by atoms with van der Waals surface area (Å²) in [6.07, 6.45) is 0. The van der Waals surface area contributed by atoms with Gasteiger partial charge in [0.2, 0.25) is 0 Å². The van der Waals surface area contributed by atoms with E-state index in [4.69, 9.17) is 11.6 Å². The van der Waals surface area contributed by atoms with Crippen LogP contribution >= 0.6 is 11.6 Å². The molecule has 0 aliphatic carbocycles. The molecule has 5 heteroatoms. The second-order valence-corrected chi connectivity index (χ2v) is 5.53. The highest BCUT2D eigenvalue weighted by Crippen LogP contribution is 2.18. The third kappa shape index (κ3) is 3.19. The molecule has 0 spiro atoms. The molecule has 2 nitrogen and oxygen atoms in total. The molecule has 0 aromatic heterocycles. The standard InChI is InChI=1S/C13H16ClF2NO/c1-7-5-9(11(16)6-10(7)15)12(18)17-13(3,4)8(2)14/h5-6,8H,1-4H3,(H,17,18). The molecule has 0 aliphatic rings. The van der Waals surface area contributed by atoms with Crippen molar-refractivity contribution in [1.29, 1.82) is 0 Å². The van der Waals surface area contributed by atoms with E-state index in [9.17, 15) is 13.6 Å². The Kier molecular flexibility index (Phi) is 4.32. The predicted octanol–water partition coefficient (Wildman–Crippen LogP) is 3.41. The second kappa shape index (κ2) is 5.22. The van der Waals surface area contributed by atoms with E-state index in [-0.39, 0.29) is 16.5 Å². The Labute approximate surface area is 110 Å². The van der Waals surface area contributed by atoms with Crippen molar-refractivity contribution in [3.8, 4) is 0 Å². The average molecular weight is 276 g/mol. The normalized spacial score (nSPS) is 13.3. The minimum atomic E-state index is -0.881. The molecule has 100 valence electrons. The summed E-state index contributed by atoms with van der Waals surface area (Å²) in [6.45, 7) is 6.67. The van der Waals surface area contributed by atoms with Crippen LogP contribution in [0.2, 0.25) is 0 Å². The molecule has 0 bridgehead atoms. The number of hydrogen-bond acceptors (Lipinski definition) is 1. The fourth-order valence-electron chi connectivity index (χ4n) is 1.29. The van der Waals surface area contributed by atoms with Crippen molar-refractivity contribution in [3.05, 3.63) is 34.9 Å². The van der Waals surface area contributed by atoms with Crippen LogP contribution in [0.5, 0.6) is 0 Å². The Morgan fingerprint density at radius 2 is 1.89 bits per heavy atom. The molecule has 0 saturated heterocycles. The van der Waals surface area contributed by atoms with E-state index >= 15 is 0 Å². The first-order valence-electron chi connectivity index (χ1n) is 5.57. The van der Waals surface area contributed by atoms with Gasteiger partial charge < -0.3 is 5.32 Å². The zero-order valence-electron chi connectivity index (χ0n) is 10.8. The van der Waals surface area contributed by atoms with E-state index in [0.717, 1.165) is 0 Å². The summed E-state index contributed by atoms with van der Waals surface area (Å²) < 4.78 is 26.6. The van der Waals surface area contributed by atoms with Crippen molar-refractivity contribution < 1.29 is 13.6 Å². The van der Waals surface area contributed by atoms with Crippen molar-refractivity contribution in [1.82, 2.24) is 5.32 Å². The number of nitrogens with one attached hydrogen (secondary N) is 1. The molecule has 0 heterocycles. The van der Waals surface area contributed by atoms with Gasteiger partial charge in [-0.3, -0.25) is 4.79 Å². The first-order chi connectivity index (χ1) is 8.15. The number of alkyl halides is 1. The van der Waals surface area contributed by atoms with Gasteiger partial charge in [0.15, 0.2) is 0 Å². The topological polar surface area (TPSA) is 29.1 Å². The minimum absolute atomic E-state index is 0.181. The van der Waals surface area contributed by atoms with Crippen LogP contribution in [-0.4, -0.2) is 16.8 Å². The monoisotopic (exact) mass is 275 g/mol. The summed E-state index contributed by atoms with van der Waals surface area (Å²) in [5.74, 6) is -2.16. The number of hydrogen-bond donors (Lipinski definition) is 1. The van der Waals surface area contributed by atoms with Crippen molar-refractivity contribution in [2.45, 2.75) is 38.6 Å². The SMILES string of the molecule is Cc1cc(C(=O)NC(C)(C)C(C)Cl)c(F)cc1F. The maximum absolute atomic E-state index is 13.5. The molecule has 0 aliphatic heterocycles. The Balaban J connectivity index is 3.02. The molecule has 1 rings (SSSR count). The van der Waals surface area contributed by atoms with E-state index in [0.29, 0.717) is 6.07 Å². The number of halogens is 3. The van der Waals surface area contributed by atoms with Crippen molar-refractivity contribution in [3.63, 3.8) is 0 Å². The van der Waals surface area contributed by atoms with E-state index in [2.05, 4.69) is 5.32 Å². The molecule has 1 N–H and O–H groups in total. The van der Waals surface area contributed by atoms with E-state index < -0.39 is 23.1 Å². The molecule has 0 radical (unpaired) electrons. The second-order valence-electron chi connectivity index (χ2n) is 4.87. The number of benzene rings is 1. The number of carbonyl (C=O) groups excluding carboxylic acids is 1. The molecule has 0 saturated carbocycles. The molecule has 18 heavy (non-hydrogen) atoms. The van der Waals surface area contributed by atoms with Crippen LogP contribution in [0.4, 0.5) is 8.78 Å². The fraction of sp³-hybridized carbons (Fsp3) is 0.462. The first kappa shape index (κ1) is 14.9. The van der Waals surface area contributed by atoms with Gasteiger partial charge in [0.25, 0.3) is 5.91 Å². The molecule has 1 atom stereocenters. The minimum Gasteiger partial charge on any atom is -0.346 e. The van der Waals surface area contributed by atoms with Crippen molar-refractivity contribution in [2.24, 2.45) is 0 Å². The Bertz CT molecular complexity index is 472. The van der Waals surface area contributed by atoms with E-state index in [1.54, 1.807) is 20.8 Å². The Morgan fingerprint density at radius 1 is 1.33 bits per heavy atom. The fourth-order valence-corrected chi connectivity index (χ4v) is 1.35. The van der Waals surface area contributed by atoms with Gasteiger partial charge in [-0.1, -0.05) is 0 Å². The summed E-state index contributed by atoms with van der Waals surface area (Å²) in [6, 6.07) is 1.90. The highest BCUT2D eigenvalue weighted by atomic mass is 35.5. The molecule has 0 fully saturated rings. The number of amides is 1. The lowest BCUT2D eigenvalue weighted by atomic mass is 10.00. The summed E-state index contributed by atoms with van der Waals surface area (Å²) in [7, 11) is 0. The maximum Gasteiger partial charge on any atom is 0.254 e. The molecule has 1 amide bonds. The smallest absolute Gasteiger partial charge is 0.254 e. The molecular formula is C13H16ClF2NO. The number of carbonyl (C=O) groups is 1. The Hall–Kier alpha value is -1.16. The lowest BCUT2D eigenvalue weighted by Crippen LogP contribution is -2.49. The summed E-state index contributed by atoms with van der Waals surface area (Å²) in [4.78, 5) is 11.9. The largest absolute Gasteiger partial charge is 0.346 e. The van der Waals surface area contributed by atoms with Gasteiger partial charge >= 0.3 is 0 Å². The van der Waals surface area contributed by atoms with E-state index in [1.165, 1.54) is 13.0 Å². The highest BCUT2D eigenvalue weighted by molar-refractivity contribution is 6.21. The zero-order valence-corrected chi connectivity index (χ0v) is 11.5. The van der Waals surface area contributed by atoms with Crippen LogP contribution in [0.3, 0.4) is 0 Å². The first-order valence-corrected chi connectivity index (χ1v) is 6.01. The summed E-state index contributed by atoms with van der Waals surface area (Å²) >= 11 is 5.93. The molecule has 1 aromatic rings. The van der Waals surface area contributed by atoms with Crippen LogP contribution in [0.1, 0.15) is 36.7 Å². The Morgan fingerprint density at radius 3 is 2.39 bits per heavy atom. The van der Waals surface area contributed by atoms with Gasteiger partial charge in [-0.15, -0.1) is 11.6 Å². The van der Waals surface area contributed by atoms with Crippen LogP contribution in [-0.2, 0) is 0 Å². The number of aryl methyl sites for hydroxylation is 1. The van der Waals surface area contributed by atoms with Crippen LogP contribution in [0, 0.1) is 18.6 Å². The van der Waals surface area contributed by atoms with Gasteiger partial charge in [-0.25, -0.2) is 8.78 Å². The molecule has 1 unspecified atom stereocenters. The van der Waals surface area contributed by atoms with Gasteiger partial charge in [0.1, 0.15) is 11.6 Å². The van der Waals surface area contributed by atoms with Gasteiger partial charge in [0, 0.05) is 6.07 Å². The predicted molar refractivity (Wildman–Crippen MR) is 68.0 cm³/mol. The summed E-state index contributed by atoms with van der Waals surface area (Å²) in [5.41, 5.74) is -0.648. The lowest BCUT2D eigenvalue weighted by Gasteiger charge is -2.29. The molecular weight excluding hydrogens is 260 g/mol. The van der Waals surface area contributed by atoms with E-state index in [1.807, 2.05) is 0 Å². The average Bonchev–Trinajstić information content (AvgIpc) is 2.22. The van der Waals surface area contributed by atoms with Crippen LogP contribution < -0.4 is 5.32 Å². The van der Waals surface area contributed by atoms with Crippen molar-refractivity contribution in [2.75, 3.05) is 0 Å². The number of rotatable bonds is 3. The van der Waals surface area contributed by atoms with Gasteiger partial charge in [-0.2, -0.15) is 0 Å². The quantitative estimate of drug-likeness (QED) is 0.842. The zero-order chi connectivity index (χ0) is 14.1. The lowest BCUT2D eigenvalue weighted by molar-refractivity contribution is 0.0908. The van der Waals surface area contributed by atoms with Gasteiger partial charge in [0.05, 0.1) is 16.5 Å². The molecule has 1 aromatic carbocycles. The third-order valence-corrected chi connectivity index (χ3v) is 3.47. The highest BCUT2D eigenvalue weighted by Gasteiger charge is 2.27. The summed E-state index contributed by atoms with van der Waals surface area (Å²) in [5, 5.41) is 2.30. The third-order valence-electron chi connectivity index (χ3n) is 2.92.